The molecule has 0 saturated heterocycles. The van der Waals surface area contributed by atoms with Gasteiger partial charge in [-0.25, -0.2) is 5.43 Å². The van der Waals surface area contributed by atoms with E-state index >= 15 is 0 Å². The summed E-state index contributed by atoms with van der Waals surface area (Å²) in [6, 6.07) is 10.3. The van der Waals surface area contributed by atoms with Gasteiger partial charge in [-0.3, -0.25) is 4.79 Å². The molecule has 1 amide bonds. The summed E-state index contributed by atoms with van der Waals surface area (Å²) >= 11 is 3.35. The first-order valence-corrected chi connectivity index (χ1v) is 7.27. The number of aromatic hydroxyl groups is 1. The number of rotatable bonds is 4. The molecule has 0 aliphatic heterocycles. The molecule has 2 aromatic rings. The second-order valence-electron chi connectivity index (χ2n) is 4.61. The van der Waals surface area contributed by atoms with Crippen LogP contribution in [0.5, 0.6) is 11.5 Å². The average molecular weight is 363 g/mol. The first kappa shape index (κ1) is 16.0. The standard InChI is InChI=1S/C16H15BrN2O3/c1-10-3-5-11(6-4-10)16(21)19-18-9-12-7-14(20)15(22-2)8-13(12)17/h3-9,20H,1-2H3,(H,19,21)/b18-9-. The number of benzene rings is 2. The molecule has 0 aliphatic carbocycles. The molecule has 0 bridgehead atoms. The number of hydrazone groups is 1. The molecule has 2 N–H and O–H groups in total. The smallest absolute Gasteiger partial charge is 0.271 e. The third kappa shape index (κ3) is 3.85. The van der Waals surface area contributed by atoms with Crippen LogP contribution >= 0.6 is 15.9 Å². The molecule has 0 unspecified atom stereocenters. The molecular weight excluding hydrogens is 348 g/mol. The van der Waals surface area contributed by atoms with E-state index in [0.29, 0.717) is 21.3 Å². The van der Waals surface area contributed by atoms with Crippen molar-refractivity contribution in [2.24, 2.45) is 5.10 Å². The van der Waals surface area contributed by atoms with Crippen LogP contribution in [0.25, 0.3) is 0 Å². The van der Waals surface area contributed by atoms with Gasteiger partial charge in [0.2, 0.25) is 0 Å². The van der Waals surface area contributed by atoms with Gasteiger partial charge in [-0.1, -0.05) is 17.7 Å². The zero-order valence-electron chi connectivity index (χ0n) is 12.1. The molecule has 114 valence electrons. The molecule has 5 nitrogen and oxygen atoms in total. The number of halogens is 1. The fourth-order valence-electron chi connectivity index (χ4n) is 1.75. The zero-order chi connectivity index (χ0) is 16.1. The van der Waals surface area contributed by atoms with Gasteiger partial charge in [-0.05, 0) is 47.1 Å². The number of ether oxygens (including phenoxy) is 1. The third-order valence-corrected chi connectivity index (χ3v) is 3.67. The maximum Gasteiger partial charge on any atom is 0.271 e. The lowest BCUT2D eigenvalue weighted by Crippen LogP contribution is -2.17. The normalized spacial score (nSPS) is 10.7. The Morgan fingerprint density at radius 1 is 1.32 bits per heavy atom. The Bertz CT molecular complexity index is 712. The second kappa shape index (κ2) is 7.09. The Hall–Kier alpha value is -2.34. The quantitative estimate of drug-likeness (QED) is 0.647. The van der Waals surface area contributed by atoms with E-state index in [9.17, 15) is 9.90 Å². The predicted octanol–water partition coefficient (Wildman–Crippen LogP) is 3.24. The van der Waals surface area contributed by atoms with Crippen LogP contribution in [0.3, 0.4) is 0 Å². The van der Waals surface area contributed by atoms with Crippen LogP contribution in [-0.4, -0.2) is 24.3 Å². The molecule has 0 heterocycles. The van der Waals surface area contributed by atoms with E-state index in [4.69, 9.17) is 4.74 Å². The molecule has 0 aliphatic rings. The molecule has 0 spiro atoms. The van der Waals surface area contributed by atoms with Crippen molar-refractivity contribution < 1.29 is 14.6 Å². The van der Waals surface area contributed by atoms with E-state index in [1.54, 1.807) is 18.2 Å². The van der Waals surface area contributed by atoms with E-state index in [-0.39, 0.29) is 11.7 Å². The summed E-state index contributed by atoms with van der Waals surface area (Å²) in [6.45, 7) is 1.95. The molecule has 6 heteroatoms. The number of amides is 1. The van der Waals surface area contributed by atoms with Crippen LogP contribution in [0.1, 0.15) is 21.5 Å². The van der Waals surface area contributed by atoms with Crippen LogP contribution in [-0.2, 0) is 0 Å². The number of aryl methyl sites for hydroxylation is 1. The van der Waals surface area contributed by atoms with Crippen molar-refractivity contribution >= 4 is 28.1 Å². The second-order valence-corrected chi connectivity index (χ2v) is 5.47. The Kier molecular flexibility index (Phi) is 5.16. The zero-order valence-corrected chi connectivity index (χ0v) is 13.7. The largest absolute Gasteiger partial charge is 0.504 e. The Labute approximate surface area is 136 Å². The number of carbonyl (C=O) groups excluding carboxylic acids is 1. The van der Waals surface area contributed by atoms with Gasteiger partial charge in [0.1, 0.15) is 0 Å². The highest BCUT2D eigenvalue weighted by Crippen LogP contribution is 2.31. The van der Waals surface area contributed by atoms with E-state index in [0.717, 1.165) is 5.56 Å². The molecule has 22 heavy (non-hydrogen) atoms. The molecule has 0 saturated carbocycles. The number of carbonyl (C=O) groups is 1. The Morgan fingerprint density at radius 3 is 2.64 bits per heavy atom. The van der Waals surface area contributed by atoms with Crippen molar-refractivity contribution in [1.82, 2.24) is 5.43 Å². The number of nitrogens with one attached hydrogen (secondary N) is 1. The monoisotopic (exact) mass is 362 g/mol. The fourth-order valence-corrected chi connectivity index (χ4v) is 2.18. The Morgan fingerprint density at radius 2 is 2.00 bits per heavy atom. The first-order valence-electron chi connectivity index (χ1n) is 6.48. The van der Waals surface area contributed by atoms with Crippen molar-refractivity contribution in [2.75, 3.05) is 7.11 Å². The van der Waals surface area contributed by atoms with E-state index in [1.807, 2.05) is 19.1 Å². The fraction of sp³-hybridized carbons (Fsp3) is 0.125. The van der Waals surface area contributed by atoms with Crippen LogP contribution in [0.15, 0.2) is 46.0 Å². The predicted molar refractivity (Wildman–Crippen MR) is 88.6 cm³/mol. The SMILES string of the molecule is COc1cc(Br)c(/C=N\NC(=O)c2ccc(C)cc2)cc1O. The summed E-state index contributed by atoms with van der Waals surface area (Å²) in [5.41, 5.74) is 4.66. The van der Waals surface area contributed by atoms with Crippen LogP contribution < -0.4 is 10.2 Å². The molecular formula is C16H15BrN2O3. The van der Waals surface area contributed by atoms with Gasteiger partial charge < -0.3 is 9.84 Å². The maximum absolute atomic E-state index is 11.9. The van der Waals surface area contributed by atoms with Crippen molar-refractivity contribution in [2.45, 2.75) is 6.92 Å². The topological polar surface area (TPSA) is 70.9 Å². The number of hydrogen-bond acceptors (Lipinski definition) is 4. The molecule has 0 atom stereocenters. The lowest BCUT2D eigenvalue weighted by atomic mass is 10.1. The molecule has 0 aromatic heterocycles. The van der Waals surface area contributed by atoms with E-state index < -0.39 is 0 Å². The summed E-state index contributed by atoms with van der Waals surface area (Å²) in [4.78, 5) is 11.9. The number of nitrogens with zero attached hydrogens (tertiary/aromatic N) is 1. The molecule has 2 rings (SSSR count). The van der Waals surface area contributed by atoms with Gasteiger partial charge in [0.15, 0.2) is 11.5 Å². The highest BCUT2D eigenvalue weighted by atomic mass is 79.9. The van der Waals surface area contributed by atoms with Crippen LogP contribution in [0, 0.1) is 6.92 Å². The molecule has 0 fully saturated rings. The molecule has 0 radical (unpaired) electrons. The number of hydrogen-bond donors (Lipinski definition) is 2. The van der Waals surface area contributed by atoms with Crippen molar-refractivity contribution in [3.05, 3.63) is 57.6 Å². The van der Waals surface area contributed by atoms with Crippen molar-refractivity contribution in [3.63, 3.8) is 0 Å². The summed E-state index contributed by atoms with van der Waals surface area (Å²) in [6.07, 6.45) is 1.44. The lowest BCUT2D eigenvalue weighted by Gasteiger charge is -2.06. The van der Waals surface area contributed by atoms with Gasteiger partial charge >= 0.3 is 0 Å². The highest BCUT2D eigenvalue weighted by Gasteiger charge is 2.07. The summed E-state index contributed by atoms with van der Waals surface area (Å²) < 4.78 is 5.69. The van der Waals surface area contributed by atoms with E-state index in [2.05, 4.69) is 26.5 Å². The first-order chi connectivity index (χ1) is 10.5. The van der Waals surface area contributed by atoms with Gasteiger partial charge in [-0.15, -0.1) is 0 Å². The van der Waals surface area contributed by atoms with Gasteiger partial charge in [-0.2, -0.15) is 5.10 Å². The van der Waals surface area contributed by atoms with Gasteiger partial charge in [0, 0.05) is 15.6 Å². The van der Waals surface area contributed by atoms with Crippen molar-refractivity contribution in [1.29, 1.82) is 0 Å². The average Bonchev–Trinajstić information content (AvgIpc) is 2.50. The highest BCUT2D eigenvalue weighted by molar-refractivity contribution is 9.10. The van der Waals surface area contributed by atoms with Gasteiger partial charge in [0.05, 0.1) is 13.3 Å². The van der Waals surface area contributed by atoms with Crippen LogP contribution in [0.4, 0.5) is 0 Å². The minimum Gasteiger partial charge on any atom is -0.504 e. The minimum atomic E-state index is -0.301. The summed E-state index contributed by atoms with van der Waals surface area (Å²) in [7, 11) is 1.47. The van der Waals surface area contributed by atoms with E-state index in [1.165, 1.54) is 19.4 Å². The number of methoxy groups -OCH3 is 1. The van der Waals surface area contributed by atoms with Crippen LogP contribution in [0.2, 0.25) is 0 Å². The number of phenols is 1. The third-order valence-electron chi connectivity index (χ3n) is 2.98. The number of phenolic OH excluding ortho intramolecular Hbond substituents is 1. The van der Waals surface area contributed by atoms with Crippen molar-refractivity contribution in [3.8, 4) is 11.5 Å². The summed E-state index contributed by atoms with van der Waals surface area (Å²) in [5, 5.41) is 13.6. The molecule has 2 aromatic carbocycles. The maximum atomic E-state index is 11.9. The lowest BCUT2D eigenvalue weighted by molar-refractivity contribution is 0.0955. The Balaban J connectivity index is 2.08. The minimum absolute atomic E-state index is 0.00277. The summed E-state index contributed by atoms with van der Waals surface area (Å²) in [5.74, 6) is 0.0508. The van der Waals surface area contributed by atoms with Gasteiger partial charge in [0.25, 0.3) is 5.91 Å².